The Kier molecular flexibility index (Phi) is 4.90. The third-order valence-electron chi connectivity index (χ3n) is 6.27. The molecular formula is C27H23ClN2O2. The van der Waals surface area contributed by atoms with Gasteiger partial charge in [-0.25, -0.2) is 4.90 Å². The van der Waals surface area contributed by atoms with Crippen molar-refractivity contribution in [2.75, 3.05) is 16.3 Å². The van der Waals surface area contributed by atoms with Gasteiger partial charge in [0, 0.05) is 17.3 Å². The summed E-state index contributed by atoms with van der Waals surface area (Å²) < 4.78 is 0. The molecule has 0 unspecified atom stereocenters. The lowest BCUT2D eigenvalue weighted by Crippen LogP contribution is -2.35. The lowest BCUT2D eigenvalue weighted by atomic mass is 9.97. The van der Waals surface area contributed by atoms with Crippen LogP contribution in [-0.2, 0) is 16.0 Å². The molecule has 0 N–H and O–H groups in total. The van der Waals surface area contributed by atoms with Crippen molar-refractivity contribution >= 4 is 40.4 Å². The Morgan fingerprint density at radius 3 is 2.34 bits per heavy atom. The monoisotopic (exact) mass is 442 g/mol. The summed E-state index contributed by atoms with van der Waals surface area (Å²) in [5, 5.41) is 0.571. The van der Waals surface area contributed by atoms with Gasteiger partial charge in [-0.05, 0) is 73.7 Å². The van der Waals surface area contributed by atoms with Gasteiger partial charge in [-0.3, -0.25) is 9.59 Å². The summed E-state index contributed by atoms with van der Waals surface area (Å²) >= 11 is 6.14. The molecule has 2 aliphatic rings. The average Bonchev–Trinajstić information content (AvgIpc) is 3.27. The Morgan fingerprint density at radius 2 is 1.59 bits per heavy atom. The highest BCUT2D eigenvalue weighted by Gasteiger charge is 2.44. The van der Waals surface area contributed by atoms with E-state index in [9.17, 15) is 9.59 Å². The van der Waals surface area contributed by atoms with Crippen LogP contribution in [0, 0.1) is 20.8 Å². The highest BCUT2D eigenvalue weighted by atomic mass is 35.5. The fourth-order valence-electron chi connectivity index (χ4n) is 4.76. The minimum Gasteiger partial charge on any atom is -0.336 e. The molecule has 2 heterocycles. The Hall–Kier alpha value is -3.37. The van der Waals surface area contributed by atoms with Gasteiger partial charge in [0.05, 0.1) is 11.3 Å². The molecule has 0 saturated carbocycles. The van der Waals surface area contributed by atoms with Crippen LogP contribution in [-0.4, -0.2) is 18.4 Å². The van der Waals surface area contributed by atoms with Gasteiger partial charge >= 0.3 is 0 Å². The molecule has 5 heteroatoms. The number of anilines is 2. The lowest BCUT2D eigenvalue weighted by Gasteiger charge is -2.22. The number of hydrogen-bond acceptors (Lipinski definition) is 3. The van der Waals surface area contributed by atoms with E-state index in [1.54, 1.807) is 18.2 Å². The highest BCUT2D eigenvalue weighted by Crippen LogP contribution is 2.41. The van der Waals surface area contributed by atoms with Crippen LogP contribution in [0.25, 0.3) is 5.57 Å². The number of amides is 2. The van der Waals surface area contributed by atoms with Crippen LogP contribution in [0.15, 0.2) is 66.4 Å². The molecule has 0 spiro atoms. The quantitative estimate of drug-likeness (QED) is 0.495. The van der Waals surface area contributed by atoms with E-state index in [0.29, 0.717) is 28.5 Å². The molecule has 5 rings (SSSR count). The van der Waals surface area contributed by atoms with Crippen LogP contribution in [0.1, 0.15) is 27.8 Å². The largest absolute Gasteiger partial charge is 0.336 e. The molecule has 3 aromatic carbocycles. The number of hydrogen-bond donors (Lipinski definition) is 0. The van der Waals surface area contributed by atoms with E-state index in [4.69, 9.17) is 11.6 Å². The molecule has 2 aliphatic heterocycles. The third kappa shape index (κ3) is 3.14. The zero-order chi connectivity index (χ0) is 22.6. The second-order valence-electron chi connectivity index (χ2n) is 8.45. The molecule has 0 fully saturated rings. The predicted octanol–water partition coefficient (Wildman–Crippen LogP) is 5.61. The van der Waals surface area contributed by atoms with E-state index < -0.39 is 0 Å². The number of nitrogens with zero attached hydrogens (tertiary/aromatic N) is 2. The third-order valence-corrected chi connectivity index (χ3v) is 6.50. The van der Waals surface area contributed by atoms with E-state index in [1.165, 1.54) is 10.5 Å². The van der Waals surface area contributed by atoms with Gasteiger partial charge in [0.1, 0.15) is 5.70 Å². The first-order valence-electron chi connectivity index (χ1n) is 10.7. The molecule has 3 aromatic rings. The fourth-order valence-corrected chi connectivity index (χ4v) is 4.99. The number of imide groups is 1. The van der Waals surface area contributed by atoms with Gasteiger partial charge in [0.2, 0.25) is 0 Å². The van der Waals surface area contributed by atoms with Crippen LogP contribution in [0.4, 0.5) is 11.4 Å². The Labute approximate surface area is 192 Å². The maximum Gasteiger partial charge on any atom is 0.282 e. The standard InChI is InChI=1S/C27H23ClN2O2/c1-16-8-10-21(17(2)14-16)24-25(29-13-12-19-6-4-5-7-23(19)29)27(32)30(26(24)31)22-11-9-20(28)15-18(22)3/h4-11,14-15H,12-13H2,1-3H3. The molecule has 32 heavy (non-hydrogen) atoms. The number of halogens is 1. The van der Waals surface area contributed by atoms with E-state index in [0.717, 1.165) is 34.4 Å². The first-order chi connectivity index (χ1) is 15.4. The van der Waals surface area contributed by atoms with Crippen LogP contribution in [0.3, 0.4) is 0 Å². The molecule has 4 nitrogen and oxygen atoms in total. The number of benzene rings is 3. The predicted molar refractivity (Wildman–Crippen MR) is 129 cm³/mol. The van der Waals surface area contributed by atoms with Crippen molar-refractivity contribution < 1.29 is 9.59 Å². The number of carbonyl (C=O) groups is 2. The van der Waals surface area contributed by atoms with Crippen molar-refractivity contribution in [1.82, 2.24) is 0 Å². The normalized spacial score (nSPS) is 15.8. The molecule has 0 saturated heterocycles. The summed E-state index contributed by atoms with van der Waals surface area (Å²) in [6.45, 7) is 6.53. The minimum absolute atomic E-state index is 0.299. The summed E-state index contributed by atoms with van der Waals surface area (Å²) in [5.74, 6) is -0.598. The zero-order valence-corrected chi connectivity index (χ0v) is 19.0. The number of rotatable bonds is 3. The van der Waals surface area contributed by atoms with Crippen LogP contribution in [0.2, 0.25) is 5.02 Å². The molecule has 2 amide bonds. The van der Waals surface area contributed by atoms with E-state index in [-0.39, 0.29) is 11.8 Å². The summed E-state index contributed by atoms with van der Waals surface area (Å²) in [6, 6.07) is 19.3. The van der Waals surface area contributed by atoms with E-state index >= 15 is 0 Å². The van der Waals surface area contributed by atoms with Crippen molar-refractivity contribution in [1.29, 1.82) is 0 Å². The maximum atomic E-state index is 13.9. The van der Waals surface area contributed by atoms with Gasteiger partial charge in [0.15, 0.2) is 0 Å². The maximum absolute atomic E-state index is 13.9. The summed E-state index contributed by atoms with van der Waals surface area (Å²) in [7, 11) is 0. The number of para-hydroxylation sites is 1. The van der Waals surface area contributed by atoms with Crippen molar-refractivity contribution in [2.45, 2.75) is 27.2 Å². The van der Waals surface area contributed by atoms with Gasteiger partial charge < -0.3 is 4.90 Å². The molecule has 0 bridgehead atoms. The topological polar surface area (TPSA) is 40.6 Å². The Balaban J connectivity index is 1.73. The number of fused-ring (bicyclic) bond motifs is 1. The highest BCUT2D eigenvalue weighted by molar-refractivity contribution is 6.46. The second kappa shape index (κ2) is 7.64. The first kappa shape index (κ1) is 20.5. The van der Waals surface area contributed by atoms with Crippen LogP contribution < -0.4 is 9.80 Å². The Morgan fingerprint density at radius 1 is 0.812 bits per heavy atom. The van der Waals surface area contributed by atoms with Gasteiger partial charge in [-0.2, -0.15) is 0 Å². The molecule has 0 aliphatic carbocycles. The fraction of sp³-hybridized carbons (Fsp3) is 0.185. The van der Waals surface area contributed by atoms with Crippen molar-refractivity contribution in [3.05, 3.63) is 99.2 Å². The summed E-state index contributed by atoms with van der Waals surface area (Å²) in [6.07, 6.45) is 0.835. The minimum atomic E-state index is -0.299. The SMILES string of the molecule is Cc1ccc(C2=C(N3CCc4ccccc43)C(=O)N(c3ccc(Cl)cc3C)C2=O)c(C)c1. The molecule has 160 valence electrons. The molecule has 0 aromatic heterocycles. The van der Waals surface area contributed by atoms with Gasteiger partial charge in [-0.1, -0.05) is 53.6 Å². The average molecular weight is 443 g/mol. The van der Waals surface area contributed by atoms with Gasteiger partial charge in [0.25, 0.3) is 11.8 Å². The van der Waals surface area contributed by atoms with E-state index in [2.05, 4.69) is 6.07 Å². The van der Waals surface area contributed by atoms with E-state index in [1.807, 2.05) is 62.1 Å². The molecular weight excluding hydrogens is 420 g/mol. The Bertz CT molecular complexity index is 1320. The molecule has 0 atom stereocenters. The van der Waals surface area contributed by atoms with Gasteiger partial charge in [-0.15, -0.1) is 0 Å². The van der Waals surface area contributed by atoms with Crippen LogP contribution in [0.5, 0.6) is 0 Å². The van der Waals surface area contributed by atoms with Crippen molar-refractivity contribution in [2.24, 2.45) is 0 Å². The second-order valence-corrected chi connectivity index (χ2v) is 8.89. The zero-order valence-electron chi connectivity index (χ0n) is 18.3. The summed E-state index contributed by atoms with van der Waals surface area (Å²) in [4.78, 5) is 31.1. The van der Waals surface area contributed by atoms with Crippen molar-refractivity contribution in [3.63, 3.8) is 0 Å². The summed E-state index contributed by atoms with van der Waals surface area (Å²) in [5.41, 5.74) is 7.29. The number of aryl methyl sites for hydroxylation is 3. The van der Waals surface area contributed by atoms with Crippen LogP contribution >= 0.6 is 11.6 Å². The lowest BCUT2D eigenvalue weighted by molar-refractivity contribution is -0.120. The first-order valence-corrected chi connectivity index (χ1v) is 11.1. The smallest absolute Gasteiger partial charge is 0.282 e. The molecule has 0 radical (unpaired) electrons. The number of carbonyl (C=O) groups excluding carboxylic acids is 2. The van der Waals surface area contributed by atoms with Crippen molar-refractivity contribution in [3.8, 4) is 0 Å².